The molecule has 0 aliphatic carbocycles. The van der Waals surface area contributed by atoms with E-state index in [0.717, 1.165) is 23.5 Å². The Labute approximate surface area is 123 Å². The van der Waals surface area contributed by atoms with Gasteiger partial charge in [0.25, 0.3) is 0 Å². The van der Waals surface area contributed by atoms with E-state index in [0.29, 0.717) is 5.69 Å². The van der Waals surface area contributed by atoms with Gasteiger partial charge in [-0.3, -0.25) is 9.48 Å². The van der Waals surface area contributed by atoms with E-state index in [2.05, 4.69) is 15.7 Å². The minimum atomic E-state index is -0.330. The van der Waals surface area contributed by atoms with Crippen LogP contribution in [0.4, 0.5) is 10.1 Å². The van der Waals surface area contributed by atoms with Gasteiger partial charge in [0, 0.05) is 23.5 Å². The summed E-state index contributed by atoms with van der Waals surface area (Å²) in [5.74, 6) is -0.522. The van der Waals surface area contributed by atoms with Gasteiger partial charge in [-0.25, -0.2) is 4.39 Å². The fourth-order valence-corrected chi connectivity index (χ4v) is 2.19. The Bertz CT molecular complexity index is 634. The molecule has 1 aromatic carbocycles. The Morgan fingerprint density at radius 1 is 1.29 bits per heavy atom. The average molecular weight is 290 g/mol. The second-order valence-electron chi connectivity index (χ2n) is 4.89. The summed E-state index contributed by atoms with van der Waals surface area (Å²) < 4.78 is 14.5. The first kappa shape index (κ1) is 15.2. The number of nitrogens with zero attached hydrogens (tertiary/aromatic N) is 2. The molecule has 0 spiro atoms. The molecule has 2 rings (SSSR count). The standard InChI is InChI=1S/C15H19FN4O/c1-10-14(8-17-3)11(2)20(19-10)9-15(21)18-13-6-4-12(16)5-7-13/h4-7,17H,8-9H2,1-3H3,(H,18,21). The fraction of sp³-hybridized carbons (Fsp3) is 0.333. The van der Waals surface area contributed by atoms with Gasteiger partial charge in [0.15, 0.2) is 0 Å². The summed E-state index contributed by atoms with van der Waals surface area (Å²) in [5.41, 5.74) is 3.55. The highest BCUT2D eigenvalue weighted by Crippen LogP contribution is 2.13. The number of hydrogen-bond acceptors (Lipinski definition) is 3. The number of benzene rings is 1. The van der Waals surface area contributed by atoms with Crippen molar-refractivity contribution in [2.24, 2.45) is 0 Å². The van der Waals surface area contributed by atoms with Crippen LogP contribution in [-0.2, 0) is 17.9 Å². The van der Waals surface area contributed by atoms with Crippen LogP contribution >= 0.6 is 0 Å². The lowest BCUT2D eigenvalue weighted by Gasteiger charge is -2.07. The molecule has 112 valence electrons. The number of aromatic nitrogens is 2. The largest absolute Gasteiger partial charge is 0.324 e. The maximum absolute atomic E-state index is 12.8. The third kappa shape index (κ3) is 3.66. The van der Waals surface area contributed by atoms with Gasteiger partial charge in [0.05, 0.1) is 5.69 Å². The summed E-state index contributed by atoms with van der Waals surface area (Å²) in [5, 5.41) is 10.2. The van der Waals surface area contributed by atoms with Crippen molar-refractivity contribution in [1.29, 1.82) is 0 Å². The Hall–Kier alpha value is -2.21. The number of aryl methyl sites for hydroxylation is 1. The third-order valence-electron chi connectivity index (χ3n) is 3.31. The maximum Gasteiger partial charge on any atom is 0.246 e. The second-order valence-corrected chi connectivity index (χ2v) is 4.89. The van der Waals surface area contributed by atoms with E-state index in [9.17, 15) is 9.18 Å². The van der Waals surface area contributed by atoms with E-state index in [1.807, 2.05) is 20.9 Å². The zero-order valence-electron chi connectivity index (χ0n) is 12.4. The fourth-order valence-electron chi connectivity index (χ4n) is 2.19. The highest BCUT2D eigenvalue weighted by atomic mass is 19.1. The van der Waals surface area contributed by atoms with Gasteiger partial charge >= 0.3 is 0 Å². The van der Waals surface area contributed by atoms with Crippen LogP contribution in [0.2, 0.25) is 0 Å². The van der Waals surface area contributed by atoms with Crippen LogP contribution in [0.25, 0.3) is 0 Å². The SMILES string of the molecule is CNCc1c(C)nn(CC(=O)Nc2ccc(F)cc2)c1C. The van der Waals surface area contributed by atoms with Crippen molar-refractivity contribution < 1.29 is 9.18 Å². The quantitative estimate of drug-likeness (QED) is 0.885. The van der Waals surface area contributed by atoms with E-state index in [-0.39, 0.29) is 18.3 Å². The Morgan fingerprint density at radius 3 is 2.57 bits per heavy atom. The van der Waals surface area contributed by atoms with Gasteiger partial charge in [-0.2, -0.15) is 5.10 Å². The highest BCUT2D eigenvalue weighted by Gasteiger charge is 2.13. The molecule has 0 unspecified atom stereocenters. The van der Waals surface area contributed by atoms with Crippen molar-refractivity contribution in [3.05, 3.63) is 47.0 Å². The van der Waals surface area contributed by atoms with Crippen LogP contribution in [0.15, 0.2) is 24.3 Å². The predicted molar refractivity (Wildman–Crippen MR) is 79.5 cm³/mol. The second kappa shape index (κ2) is 6.49. The van der Waals surface area contributed by atoms with E-state index in [1.165, 1.54) is 24.3 Å². The van der Waals surface area contributed by atoms with Gasteiger partial charge in [-0.1, -0.05) is 0 Å². The summed E-state index contributed by atoms with van der Waals surface area (Å²) >= 11 is 0. The van der Waals surface area contributed by atoms with Crippen molar-refractivity contribution in [2.45, 2.75) is 26.9 Å². The zero-order chi connectivity index (χ0) is 15.4. The van der Waals surface area contributed by atoms with E-state index in [4.69, 9.17) is 0 Å². The molecule has 0 fully saturated rings. The molecule has 0 saturated carbocycles. The first-order valence-corrected chi connectivity index (χ1v) is 6.74. The lowest BCUT2D eigenvalue weighted by atomic mass is 10.2. The first-order chi connectivity index (χ1) is 10.0. The van der Waals surface area contributed by atoms with Crippen LogP contribution < -0.4 is 10.6 Å². The molecule has 0 bridgehead atoms. The molecule has 2 N–H and O–H groups in total. The number of nitrogens with one attached hydrogen (secondary N) is 2. The number of carbonyl (C=O) groups is 1. The van der Waals surface area contributed by atoms with Crippen LogP contribution in [0.5, 0.6) is 0 Å². The van der Waals surface area contributed by atoms with Crippen molar-refractivity contribution >= 4 is 11.6 Å². The smallest absolute Gasteiger partial charge is 0.246 e. The Kier molecular flexibility index (Phi) is 4.70. The molecule has 5 nitrogen and oxygen atoms in total. The van der Waals surface area contributed by atoms with Gasteiger partial charge in [0.1, 0.15) is 12.4 Å². The molecular weight excluding hydrogens is 271 g/mol. The van der Waals surface area contributed by atoms with Crippen LogP contribution in [0.1, 0.15) is 17.0 Å². The predicted octanol–water partition coefficient (Wildman–Crippen LogP) is 2.00. The molecule has 0 aliphatic rings. The number of rotatable bonds is 5. The van der Waals surface area contributed by atoms with Gasteiger partial charge in [-0.15, -0.1) is 0 Å². The third-order valence-corrected chi connectivity index (χ3v) is 3.31. The molecule has 21 heavy (non-hydrogen) atoms. The normalized spacial score (nSPS) is 10.7. The monoisotopic (exact) mass is 290 g/mol. The molecule has 1 aromatic heterocycles. The van der Waals surface area contributed by atoms with Crippen molar-refractivity contribution in [1.82, 2.24) is 15.1 Å². The zero-order valence-corrected chi connectivity index (χ0v) is 12.4. The number of anilines is 1. The van der Waals surface area contributed by atoms with Gasteiger partial charge < -0.3 is 10.6 Å². The van der Waals surface area contributed by atoms with E-state index < -0.39 is 0 Å². The Balaban J connectivity index is 2.06. The van der Waals surface area contributed by atoms with Crippen LogP contribution in [-0.4, -0.2) is 22.7 Å². The molecule has 1 heterocycles. The lowest BCUT2D eigenvalue weighted by molar-refractivity contribution is -0.116. The molecule has 1 amide bonds. The molecule has 0 atom stereocenters. The highest BCUT2D eigenvalue weighted by molar-refractivity contribution is 5.90. The molecule has 6 heteroatoms. The molecule has 0 radical (unpaired) electrons. The summed E-state index contributed by atoms with van der Waals surface area (Å²) in [6, 6.07) is 5.68. The minimum Gasteiger partial charge on any atom is -0.324 e. The van der Waals surface area contributed by atoms with Crippen molar-refractivity contribution in [3.8, 4) is 0 Å². The average Bonchev–Trinajstić information content (AvgIpc) is 2.69. The van der Waals surface area contributed by atoms with Crippen LogP contribution in [0.3, 0.4) is 0 Å². The number of halogens is 1. The summed E-state index contributed by atoms with van der Waals surface area (Å²) in [7, 11) is 1.87. The summed E-state index contributed by atoms with van der Waals surface area (Å²) in [4.78, 5) is 12.0. The maximum atomic E-state index is 12.8. The number of hydrogen-bond donors (Lipinski definition) is 2. The molecular formula is C15H19FN4O. The topological polar surface area (TPSA) is 59.0 Å². The minimum absolute atomic E-state index is 0.133. The lowest BCUT2D eigenvalue weighted by Crippen LogP contribution is -2.20. The Morgan fingerprint density at radius 2 is 1.95 bits per heavy atom. The summed E-state index contributed by atoms with van der Waals surface area (Å²) in [6.07, 6.45) is 0. The first-order valence-electron chi connectivity index (χ1n) is 6.74. The number of amides is 1. The van der Waals surface area contributed by atoms with E-state index >= 15 is 0 Å². The van der Waals surface area contributed by atoms with Crippen LogP contribution in [0, 0.1) is 19.7 Å². The summed E-state index contributed by atoms with van der Waals surface area (Å²) in [6.45, 7) is 4.72. The molecule has 0 saturated heterocycles. The van der Waals surface area contributed by atoms with Crippen molar-refractivity contribution in [2.75, 3.05) is 12.4 Å². The van der Waals surface area contributed by atoms with Crippen molar-refractivity contribution in [3.63, 3.8) is 0 Å². The molecule has 2 aromatic rings. The van der Waals surface area contributed by atoms with E-state index in [1.54, 1.807) is 4.68 Å². The van der Waals surface area contributed by atoms with Gasteiger partial charge in [-0.05, 0) is 45.2 Å². The molecule has 0 aliphatic heterocycles. The number of carbonyl (C=O) groups excluding carboxylic acids is 1. The van der Waals surface area contributed by atoms with Gasteiger partial charge in [0.2, 0.25) is 5.91 Å².